The first kappa shape index (κ1) is 22.5. The van der Waals surface area contributed by atoms with Crippen molar-refractivity contribution in [2.24, 2.45) is 17.6 Å². The van der Waals surface area contributed by atoms with E-state index in [1.54, 1.807) is 7.11 Å². The third-order valence-electron chi connectivity index (χ3n) is 5.89. The summed E-state index contributed by atoms with van der Waals surface area (Å²) >= 11 is 0. The highest BCUT2D eigenvalue weighted by Crippen LogP contribution is 2.40. The average Bonchev–Trinajstić information content (AvgIpc) is 3.30. The van der Waals surface area contributed by atoms with Gasteiger partial charge < -0.3 is 20.3 Å². The summed E-state index contributed by atoms with van der Waals surface area (Å²) in [7, 11) is 1.63. The molecule has 0 aliphatic carbocycles. The highest BCUT2D eigenvalue weighted by atomic mass is 35.5. The molecule has 0 aromatic heterocycles. The Balaban J connectivity index is 0.00000280. The summed E-state index contributed by atoms with van der Waals surface area (Å²) in [6.45, 7) is 4.88. The molecule has 2 aliphatic rings. The lowest BCUT2D eigenvalue weighted by molar-refractivity contribution is -0.135. The third kappa shape index (κ3) is 4.61. The number of methoxy groups -OCH3 is 1. The summed E-state index contributed by atoms with van der Waals surface area (Å²) in [5.74, 6) is 1.01. The highest BCUT2D eigenvalue weighted by Gasteiger charge is 2.46. The number of likely N-dealkylation sites (tertiary alicyclic amines) is 2. The normalized spacial score (nSPS) is 24.4. The van der Waals surface area contributed by atoms with E-state index >= 15 is 0 Å². The predicted octanol–water partition coefficient (Wildman–Crippen LogP) is 2.61. The first-order valence-electron chi connectivity index (χ1n) is 10.0. The molecule has 2 amide bonds. The molecule has 2 aliphatic heterocycles. The smallest absolute Gasteiger partial charge is 0.228 e. The van der Waals surface area contributed by atoms with Crippen LogP contribution < -0.4 is 10.5 Å². The number of unbranched alkanes of at least 4 members (excludes halogenated alkanes) is 1. The molecule has 3 atom stereocenters. The van der Waals surface area contributed by atoms with Crippen LogP contribution in [0.25, 0.3) is 0 Å². The molecule has 2 fully saturated rings. The zero-order valence-electron chi connectivity index (χ0n) is 16.8. The molecule has 1 aromatic rings. The van der Waals surface area contributed by atoms with Crippen molar-refractivity contribution >= 4 is 24.2 Å². The Morgan fingerprint density at radius 1 is 1.29 bits per heavy atom. The van der Waals surface area contributed by atoms with E-state index in [1.165, 1.54) is 0 Å². The first-order valence-corrected chi connectivity index (χ1v) is 10.0. The summed E-state index contributed by atoms with van der Waals surface area (Å²) < 4.78 is 5.26. The maximum atomic E-state index is 13.3. The Morgan fingerprint density at radius 2 is 2.00 bits per heavy atom. The molecule has 0 radical (unpaired) electrons. The van der Waals surface area contributed by atoms with E-state index in [9.17, 15) is 9.59 Å². The number of hydrogen-bond donors (Lipinski definition) is 1. The molecule has 28 heavy (non-hydrogen) atoms. The number of halogens is 1. The van der Waals surface area contributed by atoms with Crippen LogP contribution in [0.15, 0.2) is 24.3 Å². The van der Waals surface area contributed by atoms with Crippen molar-refractivity contribution < 1.29 is 14.3 Å². The van der Waals surface area contributed by atoms with Crippen molar-refractivity contribution in [2.45, 2.75) is 38.6 Å². The fourth-order valence-electron chi connectivity index (χ4n) is 4.28. The minimum atomic E-state index is -0.320. The van der Waals surface area contributed by atoms with Gasteiger partial charge in [0.05, 0.1) is 19.1 Å². The SMILES string of the molecule is CCCCN1C(=O)CC(C(=O)N2CCC(CN)C2)C1c1ccc(OC)cc1.Cl. The van der Waals surface area contributed by atoms with Gasteiger partial charge in [-0.3, -0.25) is 9.59 Å². The monoisotopic (exact) mass is 409 g/mol. The minimum Gasteiger partial charge on any atom is -0.497 e. The van der Waals surface area contributed by atoms with E-state index in [0.29, 0.717) is 32.0 Å². The first-order chi connectivity index (χ1) is 13.1. The fourth-order valence-corrected chi connectivity index (χ4v) is 4.28. The molecule has 0 bridgehead atoms. The number of carbonyl (C=O) groups is 2. The number of nitrogens with zero attached hydrogens (tertiary/aromatic N) is 2. The van der Waals surface area contributed by atoms with Gasteiger partial charge in [-0.1, -0.05) is 25.5 Å². The van der Waals surface area contributed by atoms with Gasteiger partial charge in [0.25, 0.3) is 0 Å². The van der Waals surface area contributed by atoms with Gasteiger partial charge in [0, 0.05) is 26.1 Å². The Kier molecular flexibility index (Phi) is 8.13. The van der Waals surface area contributed by atoms with E-state index in [4.69, 9.17) is 10.5 Å². The number of amides is 2. The predicted molar refractivity (Wildman–Crippen MR) is 111 cm³/mol. The van der Waals surface area contributed by atoms with Crippen LogP contribution in [-0.4, -0.2) is 54.9 Å². The lowest BCUT2D eigenvalue weighted by Crippen LogP contribution is -2.38. The van der Waals surface area contributed by atoms with Crippen molar-refractivity contribution in [2.75, 3.05) is 33.3 Å². The van der Waals surface area contributed by atoms with E-state index in [0.717, 1.165) is 37.1 Å². The Labute approximate surface area is 173 Å². The zero-order valence-corrected chi connectivity index (χ0v) is 17.6. The van der Waals surface area contributed by atoms with Crippen LogP contribution in [-0.2, 0) is 9.59 Å². The Hall–Kier alpha value is -1.79. The second-order valence-corrected chi connectivity index (χ2v) is 7.64. The number of carbonyl (C=O) groups excluding carboxylic acids is 2. The lowest BCUT2D eigenvalue weighted by atomic mass is 9.92. The number of ether oxygens (including phenoxy) is 1. The van der Waals surface area contributed by atoms with Gasteiger partial charge in [-0.25, -0.2) is 0 Å². The second-order valence-electron chi connectivity index (χ2n) is 7.64. The maximum absolute atomic E-state index is 13.3. The molecule has 0 spiro atoms. The molecule has 6 nitrogen and oxygen atoms in total. The van der Waals surface area contributed by atoms with E-state index in [-0.39, 0.29) is 36.2 Å². The van der Waals surface area contributed by atoms with Gasteiger partial charge in [-0.05, 0) is 43.0 Å². The second kappa shape index (κ2) is 10.1. The maximum Gasteiger partial charge on any atom is 0.228 e. The van der Waals surface area contributed by atoms with Crippen molar-refractivity contribution in [3.05, 3.63) is 29.8 Å². The van der Waals surface area contributed by atoms with Crippen LogP contribution in [0.4, 0.5) is 0 Å². The molecule has 2 N–H and O–H groups in total. The van der Waals surface area contributed by atoms with Crippen LogP contribution in [0.5, 0.6) is 5.75 Å². The van der Waals surface area contributed by atoms with Crippen LogP contribution in [0, 0.1) is 11.8 Å². The molecule has 3 unspecified atom stereocenters. The molecule has 7 heteroatoms. The van der Waals surface area contributed by atoms with Gasteiger partial charge in [0.1, 0.15) is 5.75 Å². The molecule has 1 aromatic carbocycles. The van der Waals surface area contributed by atoms with Gasteiger partial charge in [0.15, 0.2) is 0 Å². The van der Waals surface area contributed by atoms with Gasteiger partial charge >= 0.3 is 0 Å². The Bertz CT molecular complexity index is 667. The van der Waals surface area contributed by atoms with E-state index in [1.807, 2.05) is 34.1 Å². The topological polar surface area (TPSA) is 75.9 Å². The molecule has 2 heterocycles. The molecule has 3 rings (SSSR count). The summed E-state index contributed by atoms with van der Waals surface area (Å²) in [6.07, 6.45) is 3.21. The zero-order chi connectivity index (χ0) is 19.4. The highest BCUT2D eigenvalue weighted by molar-refractivity contribution is 5.90. The number of hydrogen-bond acceptors (Lipinski definition) is 4. The van der Waals surface area contributed by atoms with Crippen molar-refractivity contribution in [1.29, 1.82) is 0 Å². The lowest BCUT2D eigenvalue weighted by Gasteiger charge is -2.30. The van der Waals surface area contributed by atoms with Crippen LogP contribution in [0.2, 0.25) is 0 Å². The number of rotatable bonds is 7. The summed E-state index contributed by atoms with van der Waals surface area (Å²) in [6, 6.07) is 7.57. The summed E-state index contributed by atoms with van der Waals surface area (Å²) in [5.41, 5.74) is 6.79. The van der Waals surface area contributed by atoms with Crippen LogP contribution in [0.1, 0.15) is 44.2 Å². The van der Waals surface area contributed by atoms with Gasteiger partial charge in [0.2, 0.25) is 11.8 Å². The summed E-state index contributed by atoms with van der Waals surface area (Å²) in [5, 5.41) is 0. The van der Waals surface area contributed by atoms with Crippen molar-refractivity contribution in [1.82, 2.24) is 9.80 Å². The number of benzene rings is 1. The molecular weight excluding hydrogens is 378 g/mol. The number of nitrogens with two attached hydrogens (primary N) is 1. The average molecular weight is 410 g/mol. The van der Waals surface area contributed by atoms with Gasteiger partial charge in [-0.2, -0.15) is 0 Å². The molecule has 0 saturated carbocycles. The van der Waals surface area contributed by atoms with Crippen molar-refractivity contribution in [3.63, 3.8) is 0 Å². The van der Waals surface area contributed by atoms with Crippen LogP contribution in [0.3, 0.4) is 0 Å². The van der Waals surface area contributed by atoms with Crippen LogP contribution >= 0.6 is 12.4 Å². The Morgan fingerprint density at radius 3 is 2.57 bits per heavy atom. The molecular formula is C21H32ClN3O3. The fraction of sp³-hybridized carbons (Fsp3) is 0.619. The van der Waals surface area contributed by atoms with Gasteiger partial charge in [-0.15, -0.1) is 12.4 Å². The largest absolute Gasteiger partial charge is 0.497 e. The van der Waals surface area contributed by atoms with E-state index < -0.39 is 0 Å². The molecule has 156 valence electrons. The van der Waals surface area contributed by atoms with Crippen molar-refractivity contribution in [3.8, 4) is 5.75 Å². The third-order valence-corrected chi connectivity index (χ3v) is 5.89. The summed E-state index contributed by atoms with van der Waals surface area (Å²) in [4.78, 5) is 29.8. The molecule has 2 saturated heterocycles. The standard InChI is InChI=1S/C21H31N3O3.ClH/c1-3-4-10-24-19(25)12-18(21(26)23-11-9-15(13-22)14-23)20(24)16-5-7-17(27-2)8-6-16;/h5-8,15,18,20H,3-4,9-14,22H2,1-2H3;1H. The van der Waals surface area contributed by atoms with E-state index in [2.05, 4.69) is 6.92 Å². The quantitative estimate of drug-likeness (QED) is 0.751. The minimum absolute atomic E-state index is 0.